The van der Waals surface area contributed by atoms with Crippen molar-refractivity contribution in [2.45, 2.75) is 13.0 Å². The molecule has 3 rings (SSSR count). The molecule has 0 spiro atoms. The molecule has 3 aromatic rings. The zero-order chi connectivity index (χ0) is 15.0. The standard InChI is InChI=1S/C14H15N3O2S2/c1-8(13-15-4-5-21-13)17-10-7-12(19-3)11(18-2)6-9(10)16-14(17)20/h4-8H,1-3H3,(H,16,20). The van der Waals surface area contributed by atoms with Gasteiger partial charge in [0.05, 0.1) is 31.3 Å². The second kappa shape index (κ2) is 5.50. The predicted octanol–water partition coefficient (Wildman–Crippen LogP) is 3.78. The van der Waals surface area contributed by atoms with E-state index in [0.717, 1.165) is 16.0 Å². The van der Waals surface area contributed by atoms with E-state index in [-0.39, 0.29) is 6.04 Å². The quantitative estimate of drug-likeness (QED) is 0.743. The fraction of sp³-hybridized carbons (Fsp3) is 0.286. The van der Waals surface area contributed by atoms with Gasteiger partial charge in [0.1, 0.15) is 5.01 Å². The van der Waals surface area contributed by atoms with Gasteiger partial charge in [-0.15, -0.1) is 11.3 Å². The first kappa shape index (κ1) is 14.1. The smallest absolute Gasteiger partial charge is 0.178 e. The van der Waals surface area contributed by atoms with Crippen LogP contribution < -0.4 is 9.47 Å². The van der Waals surface area contributed by atoms with Crippen LogP contribution >= 0.6 is 23.6 Å². The van der Waals surface area contributed by atoms with Crippen molar-refractivity contribution in [2.75, 3.05) is 14.2 Å². The number of hydrogen-bond donors (Lipinski definition) is 1. The molecule has 2 aromatic heterocycles. The number of rotatable bonds is 4. The van der Waals surface area contributed by atoms with Crippen LogP contribution in [0.1, 0.15) is 18.0 Å². The number of imidazole rings is 1. The minimum Gasteiger partial charge on any atom is -0.493 e. The normalized spacial score (nSPS) is 12.5. The lowest BCUT2D eigenvalue weighted by atomic mass is 10.2. The highest BCUT2D eigenvalue weighted by Crippen LogP contribution is 2.34. The van der Waals surface area contributed by atoms with Crippen LogP contribution in [0.5, 0.6) is 11.5 Å². The van der Waals surface area contributed by atoms with Gasteiger partial charge in [0.25, 0.3) is 0 Å². The monoisotopic (exact) mass is 321 g/mol. The van der Waals surface area contributed by atoms with Crippen molar-refractivity contribution < 1.29 is 9.47 Å². The molecule has 0 radical (unpaired) electrons. The van der Waals surface area contributed by atoms with Crippen LogP contribution in [-0.4, -0.2) is 28.8 Å². The summed E-state index contributed by atoms with van der Waals surface area (Å²) in [6.45, 7) is 2.08. The Hall–Kier alpha value is -1.86. The number of hydrogen-bond acceptors (Lipinski definition) is 5. The molecular formula is C14H15N3O2S2. The molecule has 0 saturated heterocycles. The lowest BCUT2D eigenvalue weighted by Crippen LogP contribution is -2.06. The third kappa shape index (κ3) is 2.32. The van der Waals surface area contributed by atoms with Crippen LogP contribution in [0.3, 0.4) is 0 Å². The third-order valence-corrected chi connectivity index (χ3v) is 4.66. The van der Waals surface area contributed by atoms with Crippen LogP contribution in [0.15, 0.2) is 23.7 Å². The number of aromatic amines is 1. The Morgan fingerprint density at radius 2 is 2.00 bits per heavy atom. The molecule has 0 saturated carbocycles. The predicted molar refractivity (Wildman–Crippen MR) is 86.2 cm³/mol. The van der Waals surface area contributed by atoms with Crippen molar-refractivity contribution in [3.8, 4) is 11.5 Å². The van der Waals surface area contributed by atoms with Crippen molar-refractivity contribution >= 4 is 34.6 Å². The highest BCUT2D eigenvalue weighted by atomic mass is 32.1. The van der Waals surface area contributed by atoms with Crippen molar-refractivity contribution in [1.29, 1.82) is 0 Å². The van der Waals surface area contributed by atoms with E-state index in [9.17, 15) is 0 Å². The number of benzene rings is 1. The molecule has 1 aromatic carbocycles. The molecular weight excluding hydrogens is 306 g/mol. The van der Waals surface area contributed by atoms with Gasteiger partial charge in [0.15, 0.2) is 16.3 Å². The van der Waals surface area contributed by atoms with Crippen molar-refractivity contribution in [3.05, 3.63) is 33.5 Å². The zero-order valence-electron chi connectivity index (χ0n) is 11.9. The topological polar surface area (TPSA) is 52.1 Å². The van der Waals surface area contributed by atoms with Crippen LogP contribution in [-0.2, 0) is 0 Å². The van der Waals surface area contributed by atoms with Crippen molar-refractivity contribution in [1.82, 2.24) is 14.5 Å². The average Bonchev–Trinajstić information content (AvgIpc) is 3.11. The number of aromatic nitrogens is 3. The Morgan fingerprint density at radius 3 is 2.62 bits per heavy atom. The maximum absolute atomic E-state index is 5.46. The largest absolute Gasteiger partial charge is 0.493 e. The molecule has 0 amide bonds. The fourth-order valence-electron chi connectivity index (χ4n) is 2.39. The number of H-pyrrole nitrogens is 1. The molecule has 0 bridgehead atoms. The van der Waals surface area contributed by atoms with Crippen LogP contribution in [0, 0.1) is 4.77 Å². The first-order valence-electron chi connectivity index (χ1n) is 6.41. The Morgan fingerprint density at radius 1 is 1.29 bits per heavy atom. The number of nitrogens with one attached hydrogen (secondary N) is 1. The summed E-state index contributed by atoms with van der Waals surface area (Å²) in [5.41, 5.74) is 1.89. The second-order valence-electron chi connectivity index (χ2n) is 4.57. The van der Waals surface area contributed by atoms with E-state index in [1.54, 1.807) is 31.8 Å². The van der Waals surface area contributed by atoms with E-state index in [2.05, 4.69) is 16.9 Å². The summed E-state index contributed by atoms with van der Waals surface area (Å²) in [5, 5.41) is 2.98. The summed E-state index contributed by atoms with van der Waals surface area (Å²) in [6.07, 6.45) is 1.80. The third-order valence-electron chi connectivity index (χ3n) is 3.42. The number of methoxy groups -OCH3 is 2. The van der Waals surface area contributed by atoms with Gasteiger partial charge < -0.3 is 19.0 Å². The highest BCUT2D eigenvalue weighted by molar-refractivity contribution is 7.71. The minimum atomic E-state index is 0.0596. The Kier molecular flexibility index (Phi) is 3.69. The fourth-order valence-corrected chi connectivity index (χ4v) is 3.44. The maximum atomic E-state index is 5.46. The molecule has 0 aliphatic heterocycles. The number of nitrogens with zero attached hydrogens (tertiary/aromatic N) is 2. The van der Waals surface area contributed by atoms with E-state index in [1.807, 2.05) is 22.1 Å². The molecule has 0 fully saturated rings. The molecule has 21 heavy (non-hydrogen) atoms. The Balaban J connectivity index is 2.23. The highest BCUT2D eigenvalue weighted by Gasteiger charge is 2.17. The molecule has 110 valence electrons. The van der Waals surface area contributed by atoms with E-state index in [4.69, 9.17) is 21.7 Å². The molecule has 1 atom stereocenters. The van der Waals surface area contributed by atoms with Crippen molar-refractivity contribution in [3.63, 3.8) is 0 Å². The van der Waals surface area contributed by atoms with Gasteiger partial charge in [0, 0.05) is 23.7 Å². The number of ether oxygens (including phenoxy) is 2. The average molecular weight is 321 g/mol. The zero-order valence-corrected chi connectivity index (χ0v) is 13.5. The van der Waals surface area contributed by atoms with E-state index in [1.165, 1.54) is 0 Å². The molecule has 0 aliphatic rings. The second-order valence-corrected chi connectivity index (χ2v) is 5.88. The van der Waals surface area contributed by atoms with Crippen molar-refractivity contribution in [2.24, 2.45) is 0 Å². The van der Waals surface area contributed by atoms with E-state index in [0.29, 0.717) is 16.3 Å². The minimum absolute atomic E-state index is 0.0596. The van der Waals surface area contributed by atoms with E-state index >= 15 is 0 Å². The van der Waals surface area contributed by atoms with Gasteiger partial charge in [-0.05, 0) is 19.1 Å². The first-order chi connectivity index (χ1) is 10.2. The summed E-state index contributed by atoms with van der Waals surface area (Å²) in [6, 6.07) is 3.89. The van der Waals surface area contributed by atoms with Gasteiger partial charge in [-0.3, -0.25) is 0 Å². The van der Waals surface area contributed by atoms with E-state index < -0.39 is 0 Å². The van der Waals surface area contributed by atoms with Crippen LogP contribution in [0.2, 0.25) is 0 Å². The lowest BCUT2D eigenvalue weighted by Gasteiger charge is -2.13. The van der Waals surface area contributed by atoms with Gasteiger partial charge in [-0.25, -0.2) is 4.98 Å². The molecule has 1 N–H and O–H groups in total. The maximum Gasteiger partial charge on any atom is 0.178 e. The Bertz CT molecular complexity index is 821. The van der Waals surface area contributed by atoms with Gasteiger partial charge in [-0.1, -0.05) is 0 Å². The number of fused-ring (bicyclic) bond motifs is 1. The lowest BCUT2D eigenvalue weighted by molar-refractivity contribution is 0.355. The molecule has 1 unspecified atom stereocenters. The molecule has 0 aliphatic carbocycles. The Labute approximate surface area is 131 Å². The van der Waals surface area contributed by atoms with Gasteiger partial charge in [-0.2, -0.15) is 0 Å². The van der Waals surface area contributed by atoms with Crippen LogP contribution in [0.4, 0.5) is 0 Å². The van der Waals surface area contributed by atoms with Gasteiger partial charge in [0.2, 0.25) is 0 Å². The summed E-state index contributed by atoms with van der Waals surface area (Å²) < 4.78 is 13.4. The summed E-state index contributed by atoms with van der Waals surface area (Å²) in [4.78, 5) is 7.59. The first-order valence-corrected chi connectivity index (χ1v) is 7.70. The van der Waals surface area contributed by atoms with Gasteiger partial charge >= 0.3 is 0 Å². The molecule has 5 nitrogen and oxygen atoms in total. The summed E-state index contributed by atoms with van der Waals surface area (Å²) in [7, 11) is 3.24. The summed E-state index contributed by atoms with van der Waals surface area (Å²) >= 11 is 7.08. The SMILES string of the molecule is COc1cc2[nH]c(=S)n(C(C)c3nccs3)c2cc1OC. The van der Waals surface area contributed by atoms with Crippen LogP contribution in [0.25, 0.3) is 11.0 Å². The summed E-state index contributed by atoms with van der Waals surface area (Å²) in [5.74, 6) is 1.36. The molecule has 7 heteroatoms. The molecule has 2 heterocycles. The number of thiazole rings is 1.